The van der Waals surface area contributed by atoms with Gasteiger partial charge in [0.2, 0.25) is 0 Å². The molecule has 2 aromatic heterocycles. The van der Waals surface area contributed by atoms with Crippen LogP contribution in [0.4, 0.5) is 0 Å². The summed E-state index contributed by atoms with van der Waals surface area (Å²) in [5, 5.41) is 13.3. The molecule has 0 unspecified atom stereocenters. The van der Waals surface area contributed by atoms with E-state index in [2.05, 4.69) is 20.9 Å². The van der Waals surface area contributed by atoms with Crippen molar-refractivity contribution in [3.8, 4) is 11.1 Å². The van der Waals surface area contributed by atoms with Gasteiger partial charge in [-0.25, -0.2) is 4.98 Å². The van der Waals surface area contributed by atoms with E-state index in [4.69, 9.17) is 0 Å². The molecule has 3 rings (SSSR count). The Morgan fingerprint density at radius 3 is 2.68 bits per heavy atom. The van der Waals surface area contributed by atoms with Gasteiger partial charge in [0.15, 0.2) is 0 Å². The average Bonchev–Trinajstić information content (AvgIpc) is 2.92. The van der Waals surface area contributed by atoms with Gasteiger partial charge in [-0.15, -0.1) is 11.3 Å². The predicted molar refractivity (Wildman–Crippen MR) is 86.7 cm³/mol. The molecule has 0 spiro atoms. The van der Waals surface area contributed by atoms with Gasteiger partial charge in [-0.05, 0) is 24.6 Å². The number of hydrogen-bond acceptors (Lipinski definition) is 5. The van der Waals surface area contributed by atoms with E-state index in [1.807, 2.05) is 29.6 Å². The average molecular weight is 378 g/mol. The summed E-state index contributed by atoms with van der Waals surface area (Å²) in [6.45, 7) is 1.40. The molecule has 5 nitrogen and oxygen atoms in total. The van der Waals surface area contributed by atoms with Crippen molar-refractivity contribution in [3.05, 3.63) is 50.8 Å². The highest BCUT2D eigenvalue weighted by Crippen LogP contribution is 2.31. The number of carbonyl (C=O) groups excluding carboxylic acids is 1. The molecule has 112 valence electrons. The number of carbonyl (C=O) groups is 1. The maximum Gasteiger partial charge on any atom is 0.263 e. The first-order valence-electron chi connectivity index (χ1n) is 6.44. The molecule has 0 radical (unpaired) electrons. The molecule has 1 atom stereocenters. The molecule has 7 heteroatoms. The fourth-order valence-electron chi connectivity index (χ4n) is 2.18. The number of aliphatic carboxylic acids is 1. The Hall–Kier alpha value is -1.99. The highest BCUT2D eigenvalue weighted by molar-refractivity contribution is 9.10. The van der Waals surface area contributed by atoms with Crippen LogP contribution in [0.2, 0.25) is 0 Å². The molecule has 0 amide bonds. The number of thiophene rings is 1. The minimum atomic E-state index is -1.32. The molecular weight excluding hydrogens is 368 g/mol. The lowest BCUT2D eigenvalue weighted by Gasteiger charge is -2.15. The van der Waals surface area contributed by atoms with Gasteiger partial charge in [-0.1, -0.05) is 28.1 Å². The standard InChI is InChI=1S/C15H11BrN2O3S/c1-8(15(20)21)18-7-17-13-12(14(18)19)11(6-22-13)9-2-4-10(16)5-3-9/h2-8H,1H3,(H,20,21)/p-1/t8-/m0/s1. The third kappa shape index (κ3) is 2.46. The summed E-state index contributed by atoms with van der Waals surface area (Å²) in [5.41, 5.74) is 1.26. The fraction of sp³-hybridized carbons (Fsp3) is 0.133. The van der Waals surface area contributed by atoms with Crippen LogP contribution in [0.15, 0.2) is 45.2 Å². The van der Waals surface area contributed by atoms with E-state index in [-0.39, 0.29) is 5.56 Å². The number of carboxylic acid groups (broad SMARTS) is 1. The molecule has 0 fully saturated rings. The maximum absolute atomic E-state index is 12.6. The molecule has 0 aliphatic carbocycles. The summed E-state index contributed by atoms with van der Waals surface area (Å²) in [7, 11) is 0. The van der Waals surface area contributed by atoms with Gasteiger partial charge in [-0.3, -0.25) is 9.36 Å². The molecule has 1 aromatic carbocycles. The van der Waals surface area contributed by atoms with Gasteiger partial charge in [-0.2, -0.15) is 0 Å². The number of aromatic nitrogens is 2. The lowest BCUT2D eigenvalue weighted by atomic mass is 10.1. The number of rotatable bonds is 3. The number of nitrogens with zero attached hydrogens (tertiary/aromatic N) is 2. The summed E-state index contributed by atoms with van der Waals surface area (Å²) in [5.74, 6) is -1.32. The summed E-state index contributed by atoms with van der Waals surface area (Å²) >= 11 is 4.73. The van der Waals surface area contributed by atoms with Crippen LogP contribution in [0.5, 0.6) is 0 Å². The zero-order valence-corrected chi connectivity index (χ0v) is 13.8. The van der Waals surface area contributed by atoms with Crippen LogP contribution in [0.3, 0.4) is 0 Å². The molecule has 0 aliphatic heterocycles. The molecule has 0 saturated heterocycles. The van der Waals surface area contributed by atoms with Crippen molar-refractivity contribution < 1.29 is 9.90 Å². The van der Waals surface area contributed by atoms with Gasteiger partial charge in [0.25, 0.3) is 5.56 Å². The summed E-state index contributed by atoms with van der Waals surface area (Å²) in [6.07, 6.45) is 1.26. The van der Waals surface area contributed by atoms with Crippen molar-refractivity contribution >= 4 is 43.5 Å². The first kappa shape index (κ1) is 14.9. The monoisotopic (exact) mass is 377 g/mol. The lowest BCUT2D eigenvalue weighted by Crippen LogP contribution is -2.36. The van der Waals surface area contributed by atoms with Crippen molar-refractivity contribution in [2.75, 3.05) is 0 Å². The Morgan fingerprint density at radius 1 is 1.36 bits per heavy atom. The van der Waals surface area contributed by atoms with E-state index in [1.54, 1.807) is 0 Å². The minimum Gasteiger partial charge on any atom is -0.548 e. The Morgan fingerprint density at radius 2 is 2.05 bits per heavy atom. The second-order valence-corrected chi connectivity index (χ2v) is 6.56. The number of carboxylic acids is 1. The van der Waals surface area contributed by atoms with Gasteiger partial charge >= 0.3 is 0 Å². The van der Waals surface area contributed by atoms with E-state index >= 15 is 0 Å². The van der Waals surface area contributed by atoms with Gasteiger partial charge in [0.1, 0.15) is 4.83 Å². The van der Waals surface area contributed by atoms with Crippen LogP contribution in [0.1, 0.15) is 13.0 Å². The van der Waals surface area contributed by atoms with Crippen LogP contribution in [-0.2, 0) is 4.79 Å². The Kier molecular flexibility index (Phi) is 3.84. The predicted octanol–water partition coefficient (Wildman–Crippen LogP) is 2.20. The van der Waals surface area contributed by atoms with Crippen LogP contribution in [-0.4, -0.2) is 15.5 Å². The highest BCUT2D eigenvalue weighted by atomic mass is 79.9. The van der Waals surface area contributed by atoms with Gasteiger partial charge in [0, 0.05) is 15.4 Å². The van der Waals surface area contributed by atoms with Crippen molar-refractivity contribution in [1.29, 1.82) is 0 Å². The van der Waals surface area contributed by atoms with E-state index in [0.717, 1.165) is 20.2 Å². The Labute approximate surface area is 138 Å². The first-order valence-corrected chi connectivity index (χ1v) is 8.11. The van der Waals surface area contributed by atoms with Crippen molar-refractivity contribution in [3.63, 3.8) is 0 Å². The summed E-state index contributed by atoms with van der Waals surface area (Å²) in [4.78, 5) is 28.4. The zero-order chi connectivity index (χ0) is 15.9. The number of halogens is 1. The van der Waals surface area contributed by atoms with E-state index in [9.17, 15) is 14.7 Å². The third-order valence-corrected chi connectivity index (χ3v) is 4.85. The van der Waals surface area contributed by atoms with E-state index < -0.39 is 12.0 Å². The molecule has 3 aromatic rings. The van der Waals surface area contributed by atoms with Crippen molar-refractivity contribution in [2.45, 2.75) is 13.0 Å². The number of fused-ring (bicyclic) bond motifs is 1. The zero-order valence-electron chi connectivity index (χ0n) is 11.4. The van der Waals surface area contributed by atoms with Crippen LogP contribution in [0, 0.1) is 0 Å². The maximum atomic E-state index is 12.6. The van der Waals surface area contributed by atoms with Gasteiger partial charge in [0.05, 0.1) is 23.7 Å². The molecule has 2 heterocycles. The van der Waals surface area contributed by atoms with Crippen LogP contribution in [0.25, 0.3) is 21.3 Å². The topological polar surface area (TPSA) is 75.0 Å². The normalized spacial score (nSPS) is 12.5. The molecule has 0 N–H and O–H groups in total. The highest BCUT2D eigenvalue weighted by Gasteiger charge is 2.16. The molecule has 0 bridgehead atoms. The third-order valence-electron chi connectivity index (χ3n) is 3.43. The fourth-order valence-corrected chi connectivity index (χ4v) is 3.35. The summed E-state index contributed by atoms with van der Waals surface area (Å²) < 4.78 is 2.03. The Bertz CT molecular complexity index is 915. The molecule has 22 heavy (non-hydrogen) atoms. The first-order chi connectivity index (χ1) is 10.5. The molecule has 0 aliphatic rings. The number of benzene rings is 1. The van der Waals surface area contributed by atoms with Crippen molar-refractivity contribution in [1.82, 2.24) is 9.55 Å². The lowest BCUT2D eigenvalue weighted by molar-refractivity contribution is -0.309. The SMILES string of the molecule is C[C@@H](C(=O)[O-])n1cnc2scc(-c3ccc(Br)cc3)c2c1=O. The second kappa shape index (κ2) is 5.66. The quantitative estimate of drug-likeness (QED) is 0.700. The van der Waals surface area contributed by atoms with Crippen LogP contribution >= 0.6 is 27.3 Å². The molecular formula is C15H10BrN2O3S-. The van der Waals surface area contributed by atoms with Crippen LogP contribution < -0.4 is 10.7 Å². The van der Waals surface area contributed by atoms with E-state index in [1.165, 1.54) is 24.6 Å². The Balaban J connectivity index is 2.25. The largest absolute Gasteiger partial charge is 0.548 e. The van der Waals surface area contributed by atoms with Crippen molar-refractivity contribution in [2.24, 2.45) is 0 Å². The van der Waals surface area contributed by atoms with E-state index in [0.29, 0.717) is 10.2 Å². The molecule has 0 saturated carbocycles. The van der Waals surface area contributed by atoms with Gasteiger partial charge < -0.3 is 9.90 Å². The number of hydrogen-bond donors (Lipinski definition) is 0. The minimum absolute atomic E-state index is 0.374. The summed E-state index contributed by atoms with van der Waals surface area (Å²) in [6, 6.07) is 6.49. The smallest absolute Gasteiger partial charge is 0.263 e. The second-order valence-electron chi connectivity index (χ2n) is 4.79.